The SMILES string of the molecule is COC(=O)[C@@]12CC[C@@H]3C(=CC[C@@]4(C)[C@@]3(C)CC[C@H]3C(C)(C)C(=O)C(OC=O)C[C@@]34C)[C@@H]1CC(C)(C)CC2.COC(=O)[C@]12CCC(C)(C)C[C@H]1C1=CC[C@@H]3[C@@]4(C)CCC(=O)C(C)(C)[C@@H]4CC[C@@]3(C)[C@]1(C)CC2. The quantitative estimate of drug-likeness (QED) is 0.118. The molecule has 8 heteroatoms. The first-order chi connectivity index (χ1) is 32.8. The first-order valence-corrected chi connectivity index (χ1v) is 28.6. The van der Waals surface area contributed by atoms with Crippen molar-refractivity contribution in [3.05, 3.63) is 23.3 Å². The van der Waals surface area contributed by atoms with E-state index in [4.69, 9.17) is 14.2 Å². The number of hydrogen-bond acceptors (Lipinski definition) is 8. The molecule has 8 saturated carbocycles. The molecule has 0 aromatic carbocycles. The molecule has 0 saturated heterocycles. The summed E-state index contributed by atoms with van der Waals surface area (Å²) in [6.45, 7) is 33.6. The maximum absolute atomic E-state index is 13.4. The Labute approximate surface area is 429 Å². The van der Waals surface area contributed by atoms with Gasteiger partial charge in [-0.3, -0.25) is 24.0 Å². The molecule has 71 heavy (non-hydrogen) atoms. The van der Waals surface area contributed by atoms with Crippen LogP contribution in [0.3, 0.4) is 0 Å². The maximum atomic E-state index is 13.4. The van der Waals surface area contributed by atoms with Crippen molar-refractivity contribution >= 4 is 30.0 Å². The van der Waals surface area contributed by atoms with Gasteiger partial charge in [-0.25, -0.2) is 0 Å². The summed E-state index contributed by atoms with van der Waals surface area (Å²) in [5, 5.41) is 0. The summed E-state index contributed by atoms with van der Waals surface area (Å²) in [5.41, 5.74) is 2.50. The number of ketones is 2. The summed E-state index contributed by atoms with van der Waals surface area (Å²) >= 11 is 0. The Balaban J connectivity index is 0.000000176. The molecule has 15 atom stereocenters. The monoisotopic (exact) mass is 981 g/mol. The third-order valence-electron chi connectivity index (χ3n) is 26.3. The van der Waals surface area contributed by atoms with Gasteiger partial charge < -0.3 is 14.2 Å². The lowest BCUT2D eigenvalue weighted by Crippen LogP contribution is -2.68. The van der Waals surface area contributed by atoms with Crippen LogP contribution in [0.1, 0.15) is 219 Å². The fraction of sp³-hybridized carbons (Fsp3) is 0.857. The number of esters is 2. The first-order valence-electron chi connectivity index (χ1n) is 28.6. The van der Waals surface area contributed by atoms with Crippen molar-refractivity contribution < 1.29 is 38.2 Å². The van der Waals surface area contributed by atoms with Crippen LogP contribution in [0, 0.1) is 100 Å². The molecule has 1 unspecified atom stereocenters. The minimum Gasteiger partial charge on any atom is -0.469 e. The topological polar surface area (TPSA) is 113 Å². The summed E-state index contributed by atoms with van der Waals surface area (Å²) in [6.07, 6.45) is 23.4. The summed E-state index contributed by atoms with van der Waals surface area (Å²) in [6, 6.07) is 0. The third-order valence-corrected chi connectivity index (χ3v) is 26.3. The molecule has 8 nitrogen and oxygen atoms in total. The number of hydrogen-bond donors (Lipinski definition) is 0. The van der Waals surface area contributed by atoms with Gasteiger partial charge >= 0.3 is 11.9 Å². The second-order valence-electron chi connectivity index (χ2n) is 30.3. The van der Waals surface area contributed by atoms with Crippen LogP contribution in [0.5, 0.6) is 0 Å². The molecule has 0 aromatic rings. The number of carbonyl (C=O) groups is 5. The molecule has 0 aliphatic heterocycles. The summed E-state index contributed by atoms with van der Waals surface area (Å²) in [5.74, 6) is 2.86. The van der Waals surface area contributed by atoms with Crippen molar-refractivity contribution in [2.45, 2.75) is 225 Å². The standard InChI is InChI=1S/C32H48O5.C31H48O3/c1-27(2)15-16-32(26(35)36-8)14-10-21-20(22(32)17-27)9-13-31(7)29(21,5)12-11-24-28(3,4)25(34)23(37-19-33)18-30(24,31)6;1-26(2)15-17-31(25(33)34-8)18-16-29(6)20(21(31)19-26)9-10-23-28(5)13-12-24(32)27(3,4)22(28)11-14-30(23,29)7/h9,19,21-24H,10-18H2,1-8H3;9,21-23H,10-19H2,1-8H3/t21-,22+,23?,24+,29+,30+,31+,32-;21-,22-,23+,28-,29+,30+,31-/m10/s1. The van der Waals surface area contributed by atoms with Gasteiger partial charge in [-0.05, 0) is 194 Å². The molecule has 0 bridgehead atoms. The van der Waals surface area contributed by atoms with Gasteiger partial charge in [-0.15, -0.1) is 0 Å². The maximum Gasteiger partial charge on any atom is 0.312 e. The minimum absolute atomic E-state index is 0.0112. The molecule has 0 spiro atoms. The van der Waals surface area contributed by atoms with Gasteiger partial charge in [-0.1, -0.05) is 120 Å². The highest BCUT2D eigenvalue weighted by Gasteiger charge is 2.73. The Morgan fingerprint density at radius 1 is 0.563 bits per heavy atom. The molecule has 8 fully saturated rings. The number of carbonyl (C=O) groups excluding carboxylic acids is 5. The van der Waals surface area contributed by atoms with Crippen molar-refractivity contribution in [1.82, 2.24) is 0 Å². The molecule has 10 rings (SSSR count). The largest absolute Gasteiger partial charge is 0.469 e. The normalized spacial score (nSPS) is 48.4. The zero-order chi connectivity index (χ0) is 52.2. The van der Waals surface area contributed by atoms with E-state index >= 15 is 0 Å². The van der Waals surface area contributed by atoms with E-state index in [1.807, 2.05) is 0 Å². The lowest BCUT2D eigenvalue weighted by Gasteiger charge is -2.72. The Morgan fingerprint density at radius 3 is 1.73 bits per heavy atom. The Morgan fingerprint density at radius 2 is 1.13 bits per heavy atom. The number of Topliss-reactive ketones (excluding diaryl/α,β-unsaturated/α-hetero) is 2. The van der Waals surface area contributed by atoms with Crippen molar-refractivity contribution in [2.75, 3.05) is 14.2 Å². The minimum atomic E-state index is -0.671. The van der Waals surface area contributed by atoms with Crippen LogP contribution in [-0.2, 0) is 38.2 Å². The van der Waals surface area contributed by atoms with Gasteiger partial charge in [0.2, 0.25) is 0 Å². The fourth-order valence-corrected chi connectivity index (χ4v) is 21.5. The zero-order valence-electron chi connectivity index (χ0n) is 47.5. The van der Waals surface area contributed by atoms with Crippen LogP contribution < -0.4 is 0 Å². The van der Waals surface area contributed by atoms with Gasteiger partial charge in [0, 0.05) is 17.3 Å². The number of fused-ring (bicyclic) bond motifs is 14. The van der Waals surface area contributed by atoms with E-state index in [9.17, 15) is 24.0 Å². The van der Waals surface area contributed by atoms with Crippen LogP contribution in [0.2, 0.25) is 0 Å². The highest BCUT2D eigenvalue weighted by atomic mass is 16.5. The van der Waals surface area contributed by atoms with Gasteiger partial charge in [0.15, 0.2) is 11.9 Å². The molecule has 0 radical (unpaired) electrons. The van der Waals surface area contributed by atoms with Gasteiger partial charge in [0.05, 0.1) is 25.0 Å². The van der Waals surface area contributed by atoms with E-state index in [0.29, 0.717) is 42.3 Å². The summed E-state index contributed by atoms with van der Waals surface area (Å²) in [7, 11) is 3.14. The number of methoxy groups -OCH3 is 2. The van der Waals surface area contributed by atoms with E-state index < -0.39 is 11.5 Å². The van der Waals surface area contributed by atoms with Crippen molar-refractivity contribution in [1.29, 1.82) is 0 Å². The van der Waals surface area contributed by atoms with E-state index in [1.54, 1.807) is 19.8 Å². The lowest BCUT2D eigenvalue weighted by molar-refractivity contribution is -0.225. The second kappa shape index (κ2) is 16.6. The first kappa shape index (κ1) is 53.1. The molecular weight excluding hydrogens is 885 g/mol. The fourth-order valence-electron chi connectivity index (χ4n) is 21.5. The number of ether oxygens (including phenoxy) is 3. The molecule has 0 aromatic heterocycles. The second-order valence-corrected chi connectivity index (χ2v) is 30.3. The van der Waals surface area contributed by atoms with Crippen LogP contribution in [0.15, 0.2) is 23.3 Å². The van der Waals surface area contributed by atoms with Crippen LogP contribution in [0.25, 0.3) is 0 Å². The highest BCUT2D eigenvalue weighted by Crippen LogP contribution is 2.78. The molecular formula is C63H96O8. The van der Waals surface area contributed by atoms with Crippen LogP contribution >= 0.6 is 0 Å². The van der Waals surface area contributed by atoms with Gasteiger partial charge in [-0.2, -0.15) is 0 Å². The molecule has 396 valence electrons. The average Bonchev–Trinajstić information content (AvgIpc) is 3.30. The van der Waals surface area contributed by atoms with E-state index in [1.165, 1.54) is 12.0 Å². The Bertz CT molecular complexity index is 2300. The van der Waals surface area contributed by atoms with E-state index in [2.05, 4.69) is 109 Å². The molecule has 0 amide bonds. The number of allylic oxidation sites excluding steroid dienone is 4. The lowest BCUT2D eigenvalue weighted by atomic mass is 9.32. The average molecular weight is 981 g/mol. The van der Waals surface area contributed by atoms with Crippen molar-refractivity contribution in [3.8, 4) is 0 Å². The van der Waals surface area contributed by atoms with Crippen LogP contribution in [0.4, 0.5) is 0 Å². The van der Waals surface area contributed by atoms with Crippen molar-refractivity contribution in [3.63, 3.8) is 0 Å². The number of rotatable bonds is 4. The molecule has 10 aliphatic carbocycles. The molecule has 10 aliphatic rings. The third kappa shape index (κ3) is 6.99. The molecule has 0 heterocycles. The zero-order valence-corrected chi connectivity index (χ0v) is 47.5. The van der Waals surface area contributed by atoms with Gasteiger partial charge in [0.1, 0.15) is 5.78 Å². The van der Waals surface area contributed by atoms with Crippen LogP contribution in [-0.4, -0.2) is 50.3 Å². The predicted molar refractivity (Wildman–Crippen MR) is 278 cm³/mol. The van der Waals surface area contributed by atoms with E-state index in [-0.39, 0.29) is 89.1 Å². The molecule has 0 N–H and O–H groups in total. The van der Waals surface area contributed by atoms with Gasteiger partial charge in [0.25, 0.3) is 6.47 Å². The smallest absolute Gasteiger partial charge is 0.312 e. The summed E-state index contributed by atoms with van der Waals surface area (Å²) in [4.78, 5) is 64.4. The predicted octanol–water partition coefficient (Wildman–Crippen LogP) is 14.2. The Kier molecular flexibility index (Phi) is 12.4. The Hall–Kier alpha value is -2.77. The highest BCUT2D eigenvalue weighted by molar-refractivity contribution is 5.90. The summed E-state index contributed by atoms with van der Waals surface area (Å²) < 4.78 is 16.4. The van der Waals surface area contributed by atoms with Crippen molar-refractivity contribution in [2.24, 2.45) is 100 Å². The van der Waals surface area contributed by atoms with E-state index in [0.717, 1.165) is 109 Å².